The number of ether oxygens (including phenoxy) is 2. The standard InChI is InChI=1S/C16H26ClNO2/c1-5-9-18(10-6-2)16(17)12-13-7-8-14(19-3)15(11-13)20-4/h7-8,11,16H,5-6,9-10,12H2,1-4H3. The van der Waals surface area contributed by atoms with Gasteiger partial charge in [0.15, 0.2) is 11.5 Å². The van der Waals surface area contributed by atoms with Crippen molar-refractivity contribution in [2.24, 2.45) is 0 Å². The zero-order valence-electron chi connectivity index (χ0n) is 13.0. The van der Waals surface area contributed by atoms with Crippen LogP contribution in [0.15, 0.2) is 18.2 Å². The molecule has 0 N–H and O–H groups in total. The van der Waals surface area contributed by atoms with E-state index in [4.69, 9.17) is 21.1 Å². The monoisotopic (exact) mass is 299 g/mol. The van der Waals surface area contributed by atoms with E-state index in [1.54, 1.807) is 14.2 Å². The van der Waals surface area contributed by atoms with Crippen LogP contribution in [0.25, 0.3) is 0 Å². The van der Waals surface area contributed by atoms with E-state index >= 15 is 0 Å². The summed E-state index contributed by atoms with van der Waals surface area (Å²) in [7, 11) is 3.30. The molecule has 1 rings (SSSR count). The van der Waals surface area contributed by atoms with E-state index in [1.165, 1.54) is 5.56 Å². The number of alkyl halides is 1. The molecule has 3 nitrogen and oxygen atoms in total. The highest BCUT2D eigenvalue weighted by Gasteiger charge is 2.15. The maximum atomic E-state index is 6.56. The lowest BCUT2D eigenvalue weighted by Crippen LogP contribution is -2.34. The van der Waals surface area contributed by atoms with Crippen LogP contribution in [0.3, 0.4) is 0 Å². The summed E-state index contributed by atoms with van der Waals surface area (Å²) in [5.41, 5.74) is 1.19. The van der Waals surface area contributed by atoms with Crippen molar-refractivity contribution >= 4 is 11.6 Å². The number of nitrogens with zero attached hydrogens (tertiary/aromatic N) is 1. The molecule has 0 aliphatic rings. The minimum Gasteiger partial charge on any atom is -0.493 e. The van der Waals surface area contributed by atoms with Crippen LogP contribution in [0.5, 0.6) is 11.5 Å². The highest BCUT2D eigenvalue weighted by atomic mass is 35.5. The Kier molecular flexibility index (Phi) is 7.78. The summed E-state index contributed by atoms with van der Waals surface area (Å²) in [5.74, 6) is 1.51. The minimum absolute atomic E-state index is 0.0213. The van der Waals surface area contributed by atoms with Crippen LogP contribution < -0.4 is 9.47 Å². The SMILES string of the molecule is CCCN(CCC)C(Cl)Cc1ccc(OC)c(OC)c1. The number of halogens is 1. The molecule has 0 fully saturated rings. The Hall–Kier alpha value is -0.930. The van der Waals surface area contributed by atoms with Crippen molar-refractivity contribution in [2.45, 2.75) is 38.6 Å². The van der Waals surface area contributed by atoms with Crippen LogP contribution >= 0.6 is 11.6 Å². The first-order valence-corrected chi connectivity index (χ1v) is 7.68. The average molecular weight is 300 g/mol. The molecule has 0 saturated heterocycles. The first-order valence-electron chi connectivity index (χ1n) is 7.25. The Morgan fingerprint density at radius 3 is 2.15 bits per heavy atom. The molecule has 0 saturated carbocycles. The molecule has 0 spiro atoms. The predicted octanol–water partition coefficient (Wildman–Crippen LogP) is 3.93. The molecule has 1 aromatic rings. The summed E-state index contributed by atoms with van der Waals surface area (Å²) >= 11 is 6.56. The van der Waals surface area contributed by atoms with Gasteiger partial charge in [0, 0.05) is 6.42 Å². The molecule has 0 amide bonds. The number of rotatable bonds is 9. The van der Waals surface area contributed by atoms with Gasteiger partial charge in [0.2, 0.25) is 0 Å². The normalized spacial score (nSPS) is 12.5. The zero-order chi connectivity index (χ0) is 15.0. The Morgan fingerprint density at radius 1 is 1.05 bits per heavy atom. The lowest BCUT2D eigenvalue weighted by molar-refractivity contribution is 0.250. The lowest BCUT2D eigenvalue weighted by atomic mass is 10.1. The largest absolute Gasteiger partial charge is 0.493 e. The molecule has 0 heterocycles. The third-order valence-corrected chi connectivity index (χ3v) is 3.70. The third-order valence-electron chi connectivity index (χ3n) is 3.27. The van der Waals surface area contributed by atoms with Crippen LogP contribution in [0, 0.1) is 0 Å². The summed E-state index contributed by atoms with van der Waals surface area (Å²) in [6, 6.07) is 5.98. The smallest absolute Gasteiger partial charge is 0.160 e. The fraction of sp³-hybridized carbons (Fsp3) is 0.625. The van der Waals surface area contributed by atoms with E-state index in [2.05, 4.69) is 18.7 Å². The fourth-order valence-corrected chi connectivity index (χ4v) is 2.67. The Bertz CT molecular complexity index is 392. The van der Waals surface area contributed by atoms with E-state index in [-0.39, 0.29) is 5.50 Å². The van der Waals surface area contributed by atoms with Gasteiger partial charge in [-0.2, -0.15) is 0 Å². The second-order valence-electron chi connectivity index (χ2n) is 4.86. The van der Waals surface area contributed by atoms with Crippen LogP contribution in [0.1, 0.15) is 32.3 Å². The molecular formula is C16H26ClNO2. The van der Waals surface area contributed by atoms with Gasteiger partial charge in [-0.3, -0.25) is 4.90 Å². The Balaban J connectivity index is 2.75. The first-order chi connectivity index (χ1) is 9.65. The Morgan fingerprint density at radius 2 is 1.65 bits per heavy atom. The highest BCUT2D eigenvalue weighted by molar-refractivity contribution is 6.20. The van der Waals surface area contributed by atoms with Gasteiger partial charge in [0.25, 0.3) is 0 Å². The molecule has 20 heavy (non-hydrogen) atoms. The summed E-state index contributed by atoms with van der Waals surface area (Å²) in [4.78, 5) is 2.33. The van der Waals surface area contributed by atoms with Crippen molar-refractivity contribution in [1.29, 1.82) is 0 Å². The van der Waals surface area contributed by atoms with Crippen LogP contribution in [-0.2, 0) is 6.42 Å². The Labute approximate surface area is 127 Å². The number of hydrogen-bond donors (Lipinski definition) is 0. The second-order valence-corrected chi connectivity index (χ2v) is 5.37. The zero-order valence-corrected chi connectivity index (χ0v) is 13.7. The van der Waals surface area contributed by atoms with Crippen molar-refractivity contribution in [3.63, 3.8) is 0 Å². The number of benzene rings is 1. The van der Waals surface area contributed by atoms with Gasteiger partial charge in [0.05, 0.1) is 19.7 Å². The molecule has 0 aliphatic carbocycles. The van der Waals surface area contributed by atoms with Crippen LogP contribution in [-0.4, -0.2) is 37.7 Å². The molecule has 0 aromatic heterocycles. The van der Waals surface area contributed by atoms with Crippen molar-refractivity contribution in [3.8, 4) is 11.5 Å². The molecule has 0 aliphatic heterocycles. The van der Waals surface area contributed by atoms with Gasteiger partial charge in [-0.15, -0.1) is 11.6 Å². The predicted molar refractivity (Wildman–Crippen MR) is 85.0 cm³/mol. The molecular weight excluding hydrogens is 274 g/mol. The van der Waals surface area contributed by atoms with E-state index < -0.39 is 0 Å². The van der Waals surface area contributed by atoms with E-state index in [1.807, 2.05) is 18.2 Å². The molecule has 114 valence electrons. The minimum atomic E-state index is 0.0213. The number of methoxy groups -OCH3 is 2. The van der Waals surface area contributed by atoms with E-state index in [9.17, 15) is 0 Å². The van der Waals surface area contributed by atoms with Gasteiger partial charge >= 0.3 is 0 Å². The molecule has 1 aromatic carbocycles. The summed E-state index contributed by atoms with van der Waals surface area (Å²) in [6.07, 6.45) is 3.05. The van der Waals surface area contributed by atoms with Gasteiger partial charge in [0.1, 0.15) is 0 Å². The summed E-state index contributed by atoms with van der Waals surface area (Å²) in [5, 5.41) is 0. The highest BCUT2D eigenvalue weighted by Crippen LogP contribution is 2.28. The third kappa shape index (κ3) is 4.88. The van der Waals surface area contributed by atoms with E-state index in [0.29, 0.717) is 0 Å². The molecule has 1 atom stereocenters. The summed E-state index contributed by atoms with van der Waals surface area (Å²) in [6.45, 7) is 6.44. The molecule has 1 unspecified atom stereocenters. The summed E-state index contributed by atoms with van der Waals surface area (Å²) < 4.78 is 10.6. The average Bonchev–Trinajstić information content (AvgIpc) is 2.46. The maximum absolute atomic E-state index is 6.56. The first kappa shape index (κ1) is 17.1. The molecule has 0 bridgehead atoms. The van der Waals surface area contributed by atoms with Crippen LogP contribution in [0.4, 0.5) is 0 Å². The van der Waals surface area contributed by atoms with Crippen molar-refractivity contribution in [3.05, 3.63) is 23.8 Å². The fourth-order valence-electron chi connectivity index (χ4n) is 2.30. The van der Waals surface area contributed by atoms with Crippen molar-refractivity contribution < 1.29 is 9.47 Å². The van der Waals surface area contributed by atoms with Gasteiger partial charge in [-0.1, -0.05) is 19.9 Å². The quantitative estimate of drug-likeness (QED) is 0.509. The number of hydrogen-bond acceptors (Lipinski definition) is 3. The van der Waals surface area contributed by atoms with Gasteiger partial charge in [-0.25, -0.2) is 0 Å². The van der Waals surface area contributed by atoms with Crippen LogP contribution in [0.2, 0.25) is 0 Å². The lowest BCUT2D eigenvalue weighted by Gasteiger charge is -2.26. The topological polar surface area (TPSA) is 21.7 Å². The van der Waals surface area contributed by atoms with Crippen molar-refractivity contribution in [2.75, 3.05) is 27.3 Å². The van der Waals surface area contributed by atoms with Crippen molar-refractivity contribution in [1.82, 2.24) is 4.90 Å². The van der Waals surface area contributed by atoms with E-state index in [0.717, 1.165) is 43.9 Å². The van der Waals surface area contributed by atoms with Gasteiger partial charge in [-0.05, 0) is 43.6 Å². The molecule has 0 radical (unpaired) electrons. The second kappa shape index (κ2) is 9.09. The maximum Gasteiger partial charge on any atom is 0.160 e. The molecule has 4 heteroatoms. The van der Waals surface area contributed by atoms with Gasteiger partial charge < -0.3 is 9.47 Å².